The van der Waals surface area contributed by atoms with Crippen molar-refractivity contribution in [3.63, 3.8) is 0 Å². The van der Waals surface area contributed by atoms with Crippen LogP contribution >= 0.6 is 0 Å². The fourth-order valence-corrected chi connectivity index (χ4v) is 2.93. The SMILES string of the molecule is Cc1cccc(CC(=O)NCC2(CN)CCCC2)c1. The predicted octanol–water partition coefficient (Wildman–Crippen LogP) is 2.17. The summed E-state index contributed by atoms with van der Waals surface area (Å²) in [7, 11) is 0. The highest BCUT2D eigenvalue weighted by atomic mass is 16.1. The summed E-state index contributed by atoms with van der Waals surface area (Å²) in [6.07, 6.45) is 5.24. The monoisotopic (exact) mass is 260 g/mol. The number of amides is 1. The van der Waals surface area contributed by atoms with Crippen LogP contribution in [0.4, 0.5) is 0 Å². The average Bonchev–Trinajstić information content (AvgIpc) is 2.86. The van der Waals surface area contributed by atoms with Gasteiger partial charge < -0.3 is 11.1 Å². The Morgan fingerprint density at radius 3 is 2.74 bits per heavy atom. The summed E-state index contributed by atoms with van der Waals surface area (Å²) in [4.78, 5) is 12.0. The zero-order valence-electron chi connectivity index (χ0n) is 11.7. The largest absolute Gasteiger partial charge is 0.355 e. The third-order valence-corrected chi connectivity index (χ3v) is 4.20. The molecule has 1 aliphatic carbocycles. The van der Waals surface area contributed by atoms with Crippen LogP contribution in [-0.4, -0.2) is 19.0 Å². The van der Waals surface area contributed by atoms with E-state index in [1.165, 1.54) is 18.4 Å². The van der Waals surface area contributed by atoms with E-state index in [-0.39, 0.29) is 11.3 Å². The van der Waals surface area contributed by atoms with Crippen LogP contribution in [0.15, 0.2) is 24.3 Å². The van der Waals surface area contributed by atoms with Crippen molar-refractivity contribution >= 4 is 5.91 Å². The zero-order chi connectivity index (χ0) is 13.7. The second-order valence-corrected chi connectivity index (χ2v) is 5.85. The summed E-state index contributed by atoms with van der Waals surface area (Å²) in [6, 6.07) is 8.11. The molecule has 0 atom stereocenters. The Morgan fingerprint density at radius 2 is 2.11 bits per heavy atom. The second kappa shape index (κ2) is 6.20. The van der Waals surface area contributed by atoms with Gasteiger partial charge in [-0.25, -0.2) is 0 Å². The highest BCUT2D eigenvalue weighted by Gasteiger charge is 2.32. The Hall–Kier alpha value is -1.35. The van der Waals surface area contributed by atoms with E-state index >= 15 is 0 Å². The molecule has 19 heavy (non-hydrogen) atoms. The molecule has 1 amide bonds. The van der Waals surface area contributed by atoms with Gasteiger partial charge in [-0.1, -0.05) is 42.7 Å². The van der Waals surface area contributed by atoms with Crippen LogP contribution in [0, 0.1) is 12.3 Å². The molecule has 0 saturated heterocycles. The van der Waals surface area contributed by atoms with Crippen LogP contribution in [-0.2, 0) is 11.2 Å². The molecule has 1 aromatic rings. The Kier molecular flexibility index (Phi) is 4.59. The number of aryl methyl sites for hydroxylation is 1. The number of rotatable bonds is 5. The normalized spacial score (nSPS) is 17.4. The minimum atomic E-state index is 0.102. The molecule has 0 radical (unpaired) electrons. The molecule has 0 aromatic heterocycles. The van der Waals surface area contributed by atoms with Gasteiger partial charge in [0.1, 0.15) is 0 Å². The Balaban J connectivity index is 1.84. The molecule has 0 aliphatic heterocycles. The maximum absolute atomic E-state index is 12.0. The van der Waals surface area contributed by atoms with Gasteiger partial charge in [-0.3, -0.25) is 4.79 Å². The van der Waals surface area contributed by atoms with Gasteiger partial charge in [0.05, 0.1) is 6.42 Å². The van der Waals surface area contributed by atoms with Crippen molar-refractivity contribution in [1.82, 2.24) is 5.32 Å². The van der Waals surface area contributed by atoms with Gasteiger partial charge in [0.15, 0.2) is 0 Å². The molecular formula is C16H24N2O. The molecule has 3 nitrogen and oxygen atoms in total. The van der Waals surface area contributed by atoms with Crippen molar-refractivity contribution < 1.29 is 4.79 Å². The average molecular weight is 260 g/mol. The molecule has 0 unspecified atom stereocenters. The molecule has 3 heteroatoms. The first kappa shape index (κ1) is 14.1. The molecule has 1 saturated carbocycles. The first-order valence-electron chi connectivity index (χ1n) is 7.16. The van der Waals surface area contributed by atoms with E-state index in [9.17, 15) is 4.79 Å². The van der Waals surface area contributed by atoms with Gasteiger partial charge >= 0.3 is 0 Å². The van der Waals surface area contributed by atoms with Gasteiger partial charge in [-0.15, -0.1) is 0 Å². The smallest absolute Gasteiger partial charge is 0.224 e. The summed E-state index contributed by atoms with van der Waals surface area (Å²) in [5, 5.41) is 3.07. The van der Waals surface area contributed by atoms with E-state index in [1.807, 2.05) is 25.1 Å². The summed E-state index contributed by atoms with van der Waals surface area (Å²) in [6.45, 7) is 3.45. The highest BCUT2D eigenvalue weighted by molar-refractivity contribution is 5.78. The van der Waals surface area contributed by atoms with Crippen molar-refractivity contribution in [3.8, 4) is 0 Å². The fraction of sp³-hybridized carbons (Fsp3) is 0.562. The van der Waals surface area contributed by atoms with Crippen LogP contribution in [0.2, 0.25) is 0 Å². The topological polar surface area (TPSA) is 55.1 Å². The van der Waals surface area contributed by atoms with Crippen LogP contribution in [0.5, 0.6) is 0 Å². The van der Waals surface area contributed by atoms with Gasteiger partial charge in [0, 0.05) is 6.54 Å². The van der Waals surface area contributed by atoms with Crippen LogP contribution in [0.3, 0.4) is 0 Å². The van der Waals surface area contributed by atoms with Crippen molar-refractivity contribution in [2.45, 2.75) is 39.0 Å². The molecule has 1 aliphatic rings. The number of carbonyl (C=O) groups excluding carboxylic acids is 1. The lowest BCUT2D eigenvalue weighted by Gasteiger charge is -2.27. The minimum absolute atomic E-state index is 0.102. The molecular weight excluding hydrogens is 236 g/mol. The van der Waals surface area contributed by atoms with E-state index < -0.39 is 0 Å². The maximum Gasteiger partial charge on any atom is 0.224 e. The van der Waals surface area contributed by atoms with Gasteiger partial charge in [-0.2, -0.15) is 0 Å². The number of carbonyl (C=O) groups is 1. The first-order valence-corrected chi connectivity index (χ1v) is 7.16. The summed E-state index contributed by atoms with van der Waals surface area (Å²) in [5.41, 5.74) is 8.30. The number of hydrogen-bond donors (Lipinski definition) is 2. The van der Waals surface area contributed by atoms with E-state index in [1.54, 1.807) is 0 Å². The van der Waals surface area contributed by atoms with Crippen molar-refractivity contribution in [2.24, 2.45) is 11.1 Å². The molecule has 2 rings (SSSR count). The number of nitrogens with one attached hydrogen (secondary N) is 1. The third-order valence-electron chi connectivity index (χ3n) is 4.20. The Labute approximate surface area is 115 Å². The van der Waals surface area contributed by atoms with Crippen LogP contribution in [0.1, 0.15) is 36.8 Å². The lowest BCUT2D eigenvalue weighted by molar-refractivity contribution is -0.120. The molecule has 1 aromatic carbocycles. The quantitative estimate of drug-likeness (QED) is 0.852. The van der Waals surface area contributed by atoms with E-state index in [2.05, 4.69) is 11.4 Å². The number of nitrogens with two attached hydrogens (primary N) is 1. The summed E-state index contributed by atoms with van der Waals surface area (Å²) in [5.74, 6) is 0.102. The number of benzene rings is 1. The minimum Gasteiger partial charge on any atom is -0.355 e. The van der Waals surface area contributed by atoms with E-state index in [0.29, 0.717) is 13.0 Å². The Morgan fingerprint density at radius 1 is 1.37 bits per heavy atom. The predicted molar refractivity (Wildman–Crippen MR) is 77.8 cm³/mol. The molecule has 1 fully saturated rings. The number of hydrogen-bond acceptors (Lipinski definition) is 2. The Bertz CT molecular complexity index is 436. The molecule has 104 valence electrons. The van der Waals surface area contributed by atoms with Crippen molar-refractivity contribution in [1.29, 1.82) is 0 Å². The van der Waals surface area contributed by atoms with Gasteiger partial charge in [-0.05, 0) is 37.3 Å². The lowest BCUT2D eigenvalue weighted by atomic mass is 9.86. The summed E-state index contributed by atoms with van der Waals surface area (Å²) < 4.78 is 0. The molecule has 3 N–H and O–H groups in total. The van der Waals surface area contributed by atoms with Gasteiger partial charge in [0.25, 0.3) is 0 Å². The molecule has 0 bridgehead atoms. The standard InChI is InChI=1S/C16H24N2O/c1-13-5-4-6-14(9-13)10-15(19)18-12-16(11-17)7-2-3-8-16/h4-6,9H,2-3,7-8,10-12,17H2,1H3,(H,18,19). The fourth-order valence-electron chi connectivity index (χ4n) is 2.93. The second-order valence-electron chi connectivity index (χ2n) is 5.85. The van der Waals surface area contributed by atoms with Crippen molar-refractivity contribution in [2.75, 3.05) is 13.1 Å². The maximum atomic E-state index is 12.0. The zero-order valence-corrected chi connectivity index (χ0v) is 11.7. The van der Waals surface area contributed by atoms with Gasteiger partial charge in [0.2, 0.25) is 5.91 Å². The summed E-state index contributed by atoms with van der Waals surface area (Å²) >= 11 is 0. The van der Waals surface area contributed by atoms with Crippen LogP contribution < -0.4 is 11.1 Å². The third kappa shape index (κ3) is 3.80. The van der Waals surface area contributed by atoms with Crippen molar-refractivity contribution in [3.05, 3.63) is 35.4 Å². The van der Waals surface area contributed by atoms with Crippen LogP contribution in [0.25, 0.3) is 0 Å². The highest BCUT2D eigenvalue weighted by Crippen LogP contribution is 2.36. The first-order chi connectivity index (χ1) is 9.13. The van der Waals surface area contributed by atoms with E-state index in [0.717, 1.165) is 24.9 Å². The van der Waals surface area contributed by atoms with E-state index in [4.69, 9.17) is 5.73 Å². The molecule has 0 spiro atoms. The molecule has 0 heterocycles. The lowest BCUT2D eigenvalue weighted by Crippen LogP contribution is -2.41.